The molecule has 1 amide bonds. The van der Waals surface area contributed by atoms with Gasteiger partial charge in [0.05, 0.1) is 13.7 Å². The topological polar surface area (TPSA) is 62.4 Å². The van der Waals surface area contributed by atoms with Gasteiger partial charge in [0.2, 0.25) is 5.91 Å². The first-order chi connectivity index (χ1) is 11.5. The highest BCUT2D eigenvalue weighted by atomic mass is 32.1. The average Bonchev–Trinajstić information content (AvgIpc) is 2.56. The summed E-state index contributed by atoms with van der Waals surface area (Å²) in [5.41, 5.74) is 0.861. The molecule has 8 heteroatoms. The normalized spacial score (nSPS) is 9.96. The molecule has 0 radical (unpaired) electrons. The highest BCUT2D eigenvalue weighted by Crippen LogP contribution is 2.16. The van der Waals surface area contributed by atoms with Crippen molar-refractivity contribution in [1.29, 1.82) is 0 Å². The van der Waals surface area contributed by atoms with Crippen LogP contribution in [0.15, 0.2) is 42.5 Å². The van der Waals surface area contributed by atoms with Crippen LogP contribution in [0.25, 0.3) is 0 Å². The number of anilines is 2. The van der Waals surface area contributed by atoms with Gasteiger partial charge in [0, 0.05) is 23.5 Å². The summed E-state index contributed by atoms with van der Waals surface area (Å²) in [7, 11) is 1.55. The van der Waals surface area contributed by atoms with Gasteiger partial charge in [-0.15, -0.1) is 0 Å². The molecule has 0 unspecified atom stereocenters. The Morgan fingerprint density at radius 3 is 2.54 bits per heavy atom. The number of hydrogen-bond donors (Lipinski definition) is 3. The van der Waals surface area contributed by atoms with Crippen LogP contribution in [0, 0.1) is 11.6 Å². The highest BCUT2D eigenvalue weighted by Gasteiger charge is 2.07. The summed E-state index contributed by atoms with van der Waals surface area (Å²) >= 11 is 5.08. The van der Waals surface area contributed by atoms with E-state index in [4.69, 9.17) is 17.0 Å². The van der Waals surface area contributed by atoms with E-state index >= 15 is 0 Å². The highest BCUT2D eigenvalue weighted by molar-refractivity contribution is 7.80. The molecule has 0 saturated carbocycles. The van der Waals surface area contributed by atoms with Gasteiger partial charge >= 0.3 is 0 Å². The van der Waals surface area contributed by atoms with E-state index in [9.17, 15) is 13.6 Å². The van der Waals surface area contributed by atoms with Crippen LogP contribution < -0.4 is 20.7 Å². The number of rotatable bonds is 5. The van der Waals surface area contributed by atoms with Crippen molar-refractivity contribution in [2.24, 2.45) is 0 Å². The molecule has 5 nitrogen and oxygen atoms in total. The number of ether oxygens (including phenoxy) is 1. The van der Waals surface area contributed by atoms with Crippen molar-refractivity contribution in [3.63, 3.8) is 0 Å². The van der Waals surface area contributed by atoms with E-state index in [0.717, 1.165) is 12.1 Å². The Bertz CT molecular complexity index is 756. The third-order valence-corrected chi connectivity index (χ3v) is 3.19. The average molecular weight is 351 g/mol. The molecule has 0 fully saturated rings. The summed E-state index contributed by atoms with van der Waals surface area (Å²) in [6.45, 7) is -0.130. The van der Waals surface area contributed by atoms with Gasteiger partial charge in [-0.1, -0.05) is 6.07 Å². The van der Waals surface area contributed by atoms with Crippen LogP contribution in [0.2, 0.25) is 0 Å². The van der Waals surface area contributed by atoms with Gasteiger partial charge in [0.15, 0.2) is 16.7 Å². The molecule has 0 spiro atoms. The van der Waals surface area contributed by atoms with E-state index in [-0.39, 0.29) is 17.3 Å². The summed E-state index contributed by atoms with van der Waals surface area (Å²) in [5.74, 6) is -1.79. The van der Waals surface area contributed by atoms with Gasteiger partial charge < -0.3 is 20.7 Å². The second-order valence-electron chi connectivity index (χ2n) is 4.72. The second-order valence-corrected chi connectivity index (χ2v) is 5.12. The van der Waals surface area contributed by atoms with Crippen molar-refractivity contribution in [2.45, 2.75) is 0 Å². The molecule has 3 N–H and O–H groups in total. The number of amides is 1. The van der Waals surface area contributed by atoms with Crippen LogP contribution in [-0.2, 0) is 4.79 Å². The minimum absolute atomic E-state index is 0.130. The number of thiocarbonyl (C=S) groups is 1. The number of halogens is 2. The van der Waals surface area contributed by atoms with E-state index < -0.39 is 17.5 Å². The number of nitrogens with one attached hydrogen (secondary N) is 3. The molecule has 0 heterocycles. The number of methoxy groups -OCH3 is 1. The summed E-state index contributed by atoms with van der Waals surface area (Å²) in [5, 5.41) is 8.29. The molecule has 2 aromatic rings. The molecule has 0 atom stereocenters. The van der Waals surface area contributed by atoms with Crippen molar-refractivity contribution in [3.8, 4) is 5.75 Å². The van der Waals surface area contributed by atoms with Gasteiger partial charge in [0.25, 0.3) is 0 Å². The van der Waals surface area contributed by atoms with Crippen molar-refractivity contribution in [1.82, 2.24) is 5.32 Å². The van der Waals surface area contributed by atoms with Crippen molar-refractivity contribution in [3.05, 3.63) is 54.1 Å². The Labute approximate surface area is 143 Å². The van der Waals surface area contributed by atoms with Crippen LogP contribution in [0.5, 0.6) is 5.75 Å². The molecule has 126 valence electrons. The zero-order valence-electron chi connectivity index (χ0n) is 12.7. The van der Waals surface area contributed by atoms with Gasteiger partial charge in [-0.2, -0.15) is 0 Å². The van der Waals surface area contributed by atoms with E-state index in [2.05, 4.69) is 16.0 Å². The molecule has 0 saturated heterocycles. The molecular weight excluding hydrogens is 336 g/mol. The number of carbonyl (C=O) groups is 1. The maximum absolute atomic E-state index is 13.1. The molecular formula is C16H15F2N3O2S. The van der Waals surface area contributed by atoms with Crippen LogP contribution in [0.4, 0.5) is 20.2 Å². The third kappa shape index (κ3) is 5.17. The third-order valence-electron chi connectivity index (χ3n) is 2.94. The van der Waals surface area contributed by atoms with Crippen molar-refractivity contribution >= 4 is 34.6 Å². The first kappa shape index (κ1) is 17.6. The lowest BCUT2D eigenvalue weighted by Crippen LogP contribution is -2.35. The first-order valence-electron chi connectivity index (χ1n) is 6.92. The lowest BCUT2D eigenvalue weighted by molar-refractivity contribution is -0.115. The summed E-state index contributed by atoms with van der Waals surface area (Å²) in [4.78, 5) is 11.8. The summed E-state index contributed by atoms with van der Waals surface area (Å²) < 4.78 is 31.0. The predicted molar refractivity (Wildman–Crippen MR) is 92.2 cm³/mol. The van der Waals surface area contributed by atoms with E-state index in [0.29, 0.717) is 11.4 Å². The fourth-order valence-electron chi connectivity index (χ4n) is 1.82. The Balaban J connectivity index is 1.82. The quantitative estimate of drug-likeness (QED) is 0.723. The smallest absolute Gasteiger partial charge is 0.243 e. The molecule has 24 heavy (non-hydrogen) atoms. The van der Waals surface area contributed by atoms with Gasteiger partial charge in [-0.05, 0) is 36.5 Å². The summed E-state index contributed by atoms with van der Waals surface area (Å²) in [6.07, 6.45) is 0. The molecule has 0 aliphatic rings. The summed E-state index contributed by atoms with van der Waals surface area (Å²) in [6, 6.07) is 10.2. The Hall–Kier alpha value is -2.74. The van der Waals surface area contributed by atoms with Gasteiger partial charge in [-0.3, -0.25) is 4.79 Å². The fraction of sp³-hybridized carbons (Fsp3) is 0.125. The van der Waals surface area contributed by atoms with Crippen molar-refractivity contribution < 1.29 is 18.3 Å². The van der Waals surface area contributed by atoms with Gasteiger partial charge in [0.1, 0.15) is 5.75 Å². The van der Waals surface area contributed by atoms with E-state index in [1.54, 1.807) is 31.4 Å². The van der Waals surface area contributed by atoms with Gasteiger partial charge in [-0.25, -0.2) is 8.78 Å². The monoisotopic (exact) mass is 351 g/mol. The number of hydrogen-bond acceptors (Lipinski definition) is 3. The minimum Gasteiger partial charge on any atom is -0.497 e. The van der Waals surface area contributed by atoms with Crippen LogP contribution in [0.1, 0.15) is 0 Å². The Kier molecular flexibility index (Phi) is 6.02. The largest absolute Gasteiger partial charge is 0.497 e. The zero-order valence-corrected chi connectivity index (χ0v) is 13.5. The molecule has 0 aliphatic heterocycles. The minimum atomic E-state index is -1.03. The Morgan fingerprint density at radius 1 is 1.08 bits per heavy atom. The lowest BCUT2D eigenvalue weighted by atomic mass is 10.3. The maximum atomic E-state index is 13.1. The molecule has 0 aliphatic carbocycles. The van der Waals surface area contributed by atoms with E-state index in [1.165, 1.54) is 6.07 Å². The first-order valence-corrected chi connectivity index (χ1v) is 7.32. The number of benzene rings is 2. The standard InChI is InChI=1S/C16H15F2N3O2S/c1-23-12-4-2-3-10(7-12)21-16(24)19-9-15(22)20-11-5-6-13(17)14(18)8-11/h2-8H,9H2,1H3,(H,20,22)(H2,19,21,24). The Morgan fingerprint density at radius 2 is 1.83 bits per heavy atom. The second kappa shape index (κ2) is 8.21. The molecule has 2 rings (SSSR count). The maximum Gasteiger partial charge on any atom is 0.243 e. The van der Waals surface area contributed by atoms with Crippen LogP contribution >= 0.6 is 12.2 Å². The lowest BCUT2D eigenvalue weighted by Gasteiger charge is -2.11. The van der Waals surface area contributed by atoms with E-state index in [1.807, 2.05) is 0 Å². The molecule has 0 bridgehead atoms. The zero-order chi connectivity index (χ0) is 17.5. The fourth-order valence-corrected chi connectivity index (χ4v) is 2.01. The molecule has 2 aromatic carbocycles. The SMILES string of the molecule is COc1cccc(NC(=S)NCC(=O)Nc2ccc(F)c(F)c2)c1. The van der Waals surface area contributed by atoms with Crippen LogP contribution in [0.3, 0.4) is 0 Å². The van der Waals surface area contributed by atoms with Crippen LogP contribution in [-0.4, -0.2) is 24.7 Å². The predicted octanol–water partition coefficient (Wildman–Crippen LogP) is 2.90. The van der Waals surface area contributed by atoms with Crippen molar-refractivity contribution in [2.75, 3.05) is 24.3 Å². The molecule has 0 aromatic heterocycles. The number of carbonyl (C=O) groups excluding carboxylic acids is 1.